The third-order valence-electron chi connectivity index (χ3n) is 4.01. The van der Waals surface area contributed by atoms with Gasteiger partial charge in [0.1, 0.15) is 0 Å². The first-order valence-electron chi connectivity index (χ1n) is 6.64. The van der Waals surface area contributed by atoms with Crippen LogP contribution in [0.5, 0.6) is 0 Å². The fraction of sp³-hybridized carbons (Fsp3) is 0.750. The molecule has 4 nitrogen and oxygen atoms in total. The molecule has 1 aromatic heterocycles. The number of aryl methyl sites for hydroxylation is 1. The van der Waals surface area contributed by atoms with Crippen LogP contribution in [0.25, 0.3) is 0 Å². The summed E-state index contributed by atoms with van der Waals surface area (Å²) in [4.78, 5) is 0. The summed E-state index contributed by atoms with van der Waals surface area (Å²) in [6.07, 6.45) is -2.51. The van der Waals surface area contributed by atoms with Crippen LogP contribution < -0.4 is 10.6 Å². The Hall–Kier alpha value is -1.24. The van der Waals surface area contributed by atoms with Gasteiger partial charge >= 0.3 is 6.18 Å². The second-order valence-corrected chi connectivity index (χ2v) is 5.34. The first kappa shape index (κ1) is 12.8. The lowest BCUT2D eigenvalue weighted by Gasteiger charge is -2.25. The van der Waals surface area contributed by atoms with Crippen molar-refractivity contribution in [3.05, 3.63) is 11.3 Å². The molecule has 0 bridgehead atoms. The highest BCUT2D eigenvalue weighted by Gasteiger charge is 2.42. The number of H-pyrrole nitrogens is 1. The Balaban J connectivity index is 1.76. The summed E-state index contributed by atoms with van der Waals surface area (Å²) in [5.74, 6) is -0.627. The molecule has 0 spiro atoms. The van der Waals surface area contributed by atoms with Crippen molar-refractivity contribution in [2.24, 2.45) is 5.92 Å². The Morgan fingerprint density at radius 3 is 2.79 bits per heavy atom. The van der Waals surface area contributed by atoms with Crippen LogP contribution in [0.3, 0.4) is 0 Å². The summed E-state index contributed by atoms with van der Waals surface area (Å²) >= 11 is 0. The first-order valence-corrected chi connectivity index (χ1v) is 6.64. The van der Waals surface area contributed by atoms with Crippen LogP contribution in [-0.2, 0) is 12.8 Å². The fourth-order valence-electron chi connectivity index (χ4n) is 2.86. The number of rotatable bonds is 2. The summed E-state index contributed by atoms with van der Waals surface area (Å²) in [6, 6.07) is 0.263. The minimum absolute atomic E-state index is 0.0395. The second-order valence-electron chi connectivity index (χ2n) is 5.34. The lowest BCUT2D eigenvalue weighted by molar-refractivity contribution is -0.177. The van der Waals surface area contributed by atoms with Crippen molar-refractivity contribution in [3.63, 3.8) is 0 Å². The van der Waals surface area contributed by atoms with Gasteiger partial charge in [-0.2, -0.15) is 18.3 Å². The van der Waals surface area contributed by atoms with Crippen LogP contribution in [0.1, 0.15) is 24.1 Å². The fourth-order valence-corrected chi connectivity index (χ4v) is 2.86. The first-order chi connectivity index (χ1) is 9.04. The predicted molar refractivity (Wildman–Crippen MR) is 65.1 cm³/mol. The van der Waals surface area contributed by atoms with Crippen molar-refractivity contribution in [1.82, 2.24) is 15.5 Å². The van der Waals surface area contributed by atoms with Gasteiger partial charge in [-0.3, -0.25) is 5.10 Å². The molecule has 1 aromatic rings. The molecule has 3 N–H and O–H groups in total. The molecule has 2 aliphatic rings. The van der Waals surface area contributed by atoms with Crippen LogP contribution in [0.4, 0.5) is 19.0 Å². The lowest BCUT2D eigenvalue weighted by Crippen LogP contribution is -2.29. The number of halogens is 3. The van der Waals surface area contributed by atoms with E-state index in [9.17, 15) is 13.2 Å². The molecule has 1 aliphatic heterocycles. The van der Waals surface area contributed by atoms with Gasteiger partial charge < -0.3 is 10.6 Å². The Bertz CT molecular complexity index is 448. The quantitative estimate of drug-likeness (QED) is 0.771. The molecule has 0 amide bonds. The molecule has 106 valence electrons. The van der Waals surface area contributed by atoms with Crippen molar-refractivity contribution in [1.29, 1.82) is 0 Å². The van der Waals surface area contributed by atoms with Crippen LogP contribution >= 0.6 is 0 Å². The largest absolute Gasteiger partial charge is 0.392 e. The Morgan fingerprint density at radius 1 is 1.26 bits per heavy atom. The predicted octanol–water partition coefficient (Wildman–Crippen LogP) is 1.85. The van der Waals surface area contributed by atoms with Gasteiger partial charge in [-0.05, 0) is 32.2 Å². The molecule has 0 saturated carbocycles. The summed E-state index contributed by atoms with van der Waals surface area (Å²) in [5.41, 5.74) is 1.58. The third kappa shape index (κ3) is 2.56. The molecular weight excluding hydrogens is 257 g/mol. The summed E-state index contributed by atoms with van der Waals surface area (Å²) in [7, 11) is 0. The Morgan fingerprint density at radius 2 is 2.11 bits per heavy atom. The maximum atomic E-state index is 12.8. The number of nitrogens with one attached hydrogen (secondary N) is 3. The van der Waals surface area contributed by atoms with Gasteiger partial charge in [0.15, 0.2) is 5.82 Å². The van der Waals surface area contributed by atoms with Gasteiger partial charge in [0, 0.05) is 23.8 Å². The van der Waals surface area contributed by atoms with E-state index in [2.05, 4.69) is 20.8 Å². The number of aromatic nitrogens is 2. The van der Waals surface area contributed by atoms with Gasteiger partial charge in [0.05, 0.1) is 5.92 Å². The second kappa shape index (κ2) is 4.70. The smallest absolute Gasteiger partial charge is 0.364 e. The highest BCUT2D eigenvalue weighted by molar-refractivity contribution is 5.49. The molecule has 19 heavy (non-hydrogen) atoms. The van der Waals surface area contributed by atoms with Gasteiger partial charge in [0.2, 0.25) is 0 Å². The zero-order valence-electron chi connectivity index (χ0n) is 10.5. The van der Waals surface area contributed by atoms with Crippen molar-refractivity contribution in [2.75, 3.05) is 18.4 Å². The van der Waals surface area contributed by atoms with E-state index in [0.717, 1.165) is 30.8 Å². The molecule has 2 unspecified atom stereocenters. The Kier molecular flexibility index (Phi) is 3.16. The average Bonchev–Trinajstić information content (AvgIpc) is 2.98. The van der Waals surface area contributed by atoms with E-state index in [-0.39, 0.29) is 18.9 Å². The molecule has 0 radical (unpaired) electrons. The van der Waals surface area contributed by atoms with Crippen LogP contribution in [0, 0.1) is 5.92 Å². The molecule has 7 heteroatoms. The number of hydrogen-bond acceptors (Lipinski definition) is 3. The van der Waals surface area contributed by atoms with Crippen molar-refractivity contribution < 1.29 is 13.2 Å². The lowest BCUT2D eigenvalue weighted by atomic mass is 9.87. The van der Waals surface area contributed by atoms with Crippen molar-refractivity contribution in [2.45, 2.75) is 37.9 Å². The normalized spacial score (nSPS) is 27.3. The molecule has 1 aliphatic carbocycles. The zero-order valence-corrected chi connectivity index (χ0v) is 10.5. The summed E-state index contributed by atoms with van der Waals surface area (Å²) in [5, 5.41) is 13.5. The van der Waals surface area contributed by atoms with E-state index in [1.807, 2.05) is 0 Å². The molecule has 2 atom stereocenters. The van der Waals surface area contributed by atoms with E-state index in [0.29, 0.717) is 12.2 Å². The topological polar surface area (TPSA) is 52.7 Å². The number of anilines is 1. The Labute approximate surface area is 109 Å². The van der Waals surface area contributed by atoms with Crippen LogP contribution in [-0.4, -0.2) is 35.5 Å². The van der Waals surface area contributed by atoms with Crippen molar-refractivity contribution in [3.8, 4) is 0 Å². The average molecular weight is 274 g/mol. The van der Waals surface area contributed by atoms with Crippen LogP contribution in [0.2, 0.25) is 0 Å². The van der Waals surface area contributed by atoms with Gasteiger partial charge in [0.25, 0.3) is 0 Å². The molecule has 1 fully saturated rings. The number of aromatic amines is 1. The van der Waals surface area contributed by atoms with E-state index in [4.69, 9.17) is 0 Å². The molecule has 3 rings (SSSR count). The monoisotopic (exact) mass is 274 g/mol. The van der Waals surface area contributed by atoms with E-state index < -0.39 is 12.1 Å². The molecule has 1 saturated heterocycles. The zero-order chi connectivity index (χ0) is 13.5. The van der Waals surface area contributed by atoms with E-state index >= 15 is 0 Å². The standard InChI is InChI=1S/C12H17F3N4/c13-12(14,15)7-1-2-10-9(5-7)11(19-18-10)17-8-3-4-16-6-8/h7-8,16H,1-6H2,(H2,17,18,19). The van der Waals surface area contributed by atoms with Crippen LogP contribution in [0.15, 0.2) is 0 Å². The molecule has 0 aromatic carbocycles. The van der Waals surface area contributed by atoms with E-state index in [1.54, 1.807) is 0 Å². The van der Waals surface area contributed by atoms with E-state index in [1.165, 1.54) is 0 Å². The maximum Gasteiger partial charge on any atom is 0.392 e. The number of alkyl halides is 3. The maximum absolute atomic E-state index is 12.8. The summed E-state index contributed by atoms with van der Waals surface area (Å²) < 4.78 is 38.5. The molecular formula is C12H17F3N4. The van der Waals surface area contributed by atoms with Gasteiger partial charge in [-0.25, -0.2) is 0 Å². The van der Waals surface area contributed by atoms with Crippen molar-refractivity contribution >= 4 is 5.82 Å². The van der Waals surface area contributed by atoms with Gasteiger partial charge in [-0.15, -0.1) is 0 Å². The highest BCUT2D eigenvalue weighted by atomic mass is 19.4. The third-order valence-corrected chi connectivity index (χ3v) is 4.01. The summed E-state index contributed by atoms with van der Waals surface area (Å²) in [6.45, 7) is 1.78. The number of nitrogens with zero attached hydrogens (tertiary/aromatic N) is 1. The SMILES string of the molecule is FC(F)(F)C1CCc2[nH]nc(NC3CCNC3)c2C1. The minimum Gasteiger partial charge on any atom is -0.364 e. The minimum atomic E-state index is -4.11. The molecule has 2 heterocycles. The number of hydrogen-bond donors (Lipinski definition) is 3. The highest BCUT2D eigenvalue weighted by Crippen LogP contribution is 2.38. The van der Waals surface area contributed by atoms with Gasteiger partial charge in [-0.1, -0.05) is 0 Å². The number of fused-ring (bicyclic) bond motifs is 1.